The highest BCUT2D eigenvalue weighted by Crippen LogP contribution is 2.46. The first kappa shape index (κ1) is 20.0. The summed E-state index contributed by atoms with van der Waals surface area (Å²) in [6.45, 7) is 5.65. The van der Waals surface area contributed by atoms with Gasteiger partial charge in [0.15, 0.2) is 0 Å². The smallest absolute Gasteiger partial charge is 0.132 e. The number of hydrogen-bond donors (Lipinski definition) is 1. The van der Waals surface area contributed by atoms with Gasteiger partial charge in [0.05, 0.1) is 5.56 Å². The molecule has 1 atom stereocenters. The zero-order valence-electron chi connectivity index (χ0n) is 16.2. The van der Waals surface area contributed by atoms with Gasteiger partial charge in [-0.25, -0.2) is 8.78 Å². The minimum absolute atomic E-state index is 0.347. The van der Waals surface area contributed by atoms with E-state index in [9.17, 15) is 13.9 Å². The molecule has 2 nitrogen and oxygen atoms in total. The fraction of sp³-hybridized carbons (Fsp3) is 0.250. The van der Waals surface area contributed by atoms with E-state index in [-0.39, 0.29) is 5.56 Å². The number of benzene rings is 3. The van der Waals surface area contributed by atoms with E-state index in [0.717, 1.165) is 17.7 Å². The Morgan fingerprint density at radius 1 is 0.786 bits per heavy atom. The zero-order valence-corrected chi connectivity index (χ0v) is 16.2. The molecule has 0 amide bonds. The topological polar surface area (TPSA) is 29.5 Å². The van der Waals surface area contributed by atoms with E-state index in [0.29, 0.717) is 17.9 Å². The zero-order chi connectivity index (χ0) is 20.4. The molecule has 3 aromatic carbocycles. The van der Waals surface area contributed by atoms with Gasteiger partial charge in [-0.05, 0) is 40.8 Å². The molecule has 0 saturated carbocycles. The van der Waals surface area contributed by atoms with Crippen molar-refractivity contribution in [1.29, 1.82) is 0 Å². The van der Waals surface area contributed by atoms with Crippen LogP contribution in [0.1, 0.15) is 37.5 Å². The van der Waals surface area contributed by atoms with E-state index in [1.54, 1.807) is 45.0 Å². The van der Waals surface area contributed by atoms with Crippen molar-refractivity contribution in [3.8, 4) is 5.75 Å². The first-order valence-electron chi connectivity index (χ1n) is 9.17. The van der Waals surface area contributed by atoms with Gasteiger partial charge in [-0.1, -0.05) is 69.3 Å². The molecule has 0 radical (unpaired) electrons. The molecule has 0 bridgehead atoms. The summed E-state index contributed by atoms with van der Waals surface area (Å²) in [5, 5.41) is 11.5. The van der Waals surface area contributed by atoms with E-state index in [1.165, 1.54) is 6.07 Å². The Hall–Kier alpha value is -2.72. The van der Waals surface area contributed by atoms with Crippen LogP contribution in [0.3, 0.4) is 0 Å². The van der Waals surface area contributed by atoms with Crippen LogP contribution >= 0.6 is 0 Å². The Labute approximate surface area is 164 Å². The highest BCUT2D eigenvalue weighted by molar-refractivity contribution is 5.42. The van der Waals surface area contributed by atoms with Crippen molar-refractivity contribution >= 4 is 0 Å². The number of hydrogen-bond acceptors (Lipinski definition) is 2. The molecular formula is C24H24F2O2. The molecular weight excluding hydrogens is 358 g/mol. The number of halogens is 2. The van der Waals surface area contributed by atoms with Gasteiger partial charge in [0.25, 0.3) is 0 Å². The van der Waals surface area contributed by atoms with Crippen LogP contribution < -0.4 is 4.74 Å². The Balaban J connectivity index is 1.94. The third-order valence-electron chi connectivity index (χ3n) is 4.93. The van der Waals surface area contributed by atoms with Crippen molar-refractivity contribution in [2.45, 2.75) is 33.0 Å². The van der Waals surface area contributed by atoms with Crippen LogP contribution in [0.15, 0.2) is 72.8 Å². The Kier molecular flexibility index (Phi) is 5.52. The Bertz CT molecular complexity index is 911. The summed E-state index contributed by atoms with van der Waals surface area (Å²) in [6, 6.07) is 20.1. The lowest BCUT2D eigenvalue weighted by Gasteiger charge is -2.41. The van der Waals surface area contributed by atoms with Crippen molar-refractivity contribution in [2.24, 2.45) is 5.41 Å². The first-order chi connectivity index (χ1) is 13.2. The molecule has 1 N–H and O–H groups in total. The Morgan fingerprint density at radius 2 is 1.36 bits per heavy atom. The van der Waals surface area contributed by atoms with E-state index in [2.05, 4.69) is 0 Å². The molecule has 3 aromatic rings. The van der Waals surface area contributed by atoms with Crippen molar-refractivity contribution in [1.82, 2.24) is 0 Å². The first-order valence-corrected chi connectivity index (χ1v) is 9.17. The molecule has 3 rings (SSSR count). The minimum Gasteiger partial charge on any atom is -0.489 e. The second-order valence-electron chi connectivity index (χ2n) is 7.86. The maximum Gasteiger partial charge on any atom is 0.132 e. The molecule has 146 valence electrons. The molecule has 4 heteroatoms. The summed E-state index contributed by atoms with van der Waals surface area (Å²) < 4.78 is 34.8. The van der Waals surface area contributed by atoms with Gasteiger partial charge in [0.2, 0.25) is 0 Å². The fourth-order valence-corrected chi connectivity index (χ4v) is 3.33. The van der Waals surface area contributed by atoms with Crippen molar-refractivity contribution in [3.05, 3.63) is 101 Å². The third kappa shape index (κ3) is 3.78. The predicted molar refractivity (Wildman–Crippen MR) is 106 cm³/mol. The predicted octanol–water partition coefficient (Wildman–Crippen LogP) is 5.83. The minimum atomic E-state index is -1.85. The maximum absolute atomic E-state index is 14.5. The highest BCUT2D eigenvalue weighted by atomic mass is 19.1. The fourth-order valence-electron chi connectivity index (χ4n) is 3.33. The standard InChI is InChI=1S/C24H24F2O2/c1-23(2,3)24(27,22-20(25)10-7-11-21(22)26)18-12-14-19(15-13-18)28-16-17-8-5-4-6-9-17/h4-15,27H,16H2,1-3H3. The average molecular weight is 382 g/mol. The molecule has 0 heterocycles. The number of aliphatic hydroxyl groups is 1. The van der Waals surface area contributed by atoms with Crippen LogP contribution in [-0.2, 0) is 12.2 Å². The lowest BCUT2D eigenvalue weighted by molar-refractivity contribution is -0.0317. The summed E-state index contributed by atoms with van der Waals surface area (Å²) in [5.74, 6) is -0.943. The molecule has 1 unspecified atom stereocenters. The van der Waals surface area contributed by atoms with Gasteiger partial charge in [-0.3, -0.25) is 0 Å². The van der Waals surface area contributed by atoms with Crippen molar-refractivity contribution in [3.63, 3.8) is 0 Å². The second-order valence-corrected chi connectivity index (χ2v) is 7.86. The van der Waals surface area contributed by atoms with Gasteiger partial charge < -0.3 is 9.84 Å². The molecule has 0 aliphatic carbocycles. The van der Waals surface area contributed by atoms with Gasteiger partial charge in [0.1, 0.15) is 29.6 Å². The van der Waals surface area contributed by atoms with E-state index >= 15 is 0 Å². The molecule has 0 aromatic heterocycles. The molecule has 0 spiro atoms. The number of rotatable bonds is 5. The van der Waals surface area contributed by atoms with E-state index in [4.69, 9.17) is 4.74 Å². The van der Waals surface area contributed by atoms with Crippen LogP contribution in [-0.4, -0.2) is 5.11 Å². The van der Waals surface area contributed by atoms with Crippen LogP contribution in [0.25, 0.3) is 0 Å². The summed E-state index contributed by atoms with van der Waals surface area (Å²) >= 11 is 0. The van der Waals surface area contributed by atoms with Gasteiger partial charge in [-0.15, -0.1) is 0 Å². The monoisotopic (exact) mass is 382 g/mol. The summed E-state index contributed by atoms with van der Waals surface area (Å²) in [7, 11) is 0. The van der Waals surface area contributed by atoms with Crippen molar-refractivity contribution in [2.75, 3.05) is 0 Å². The maximum atomic E-state index is 14.5. The van der Waals surface area contributed by atoms with Gasteiger partial charge in [-0.2, -0.15) is 0 Å². The summed E-state index contributed by atoms with van der Waals surface area (Å²) in [6.07, 6.45) is 0. The van der Waals surface area contributed by atoms with Crippen molar-refractivity contribution < 1.29 is 18.6 Å². The third-order valence-corrected chi connectivity index (χ3v) is 4.93. The Morgan fingerprint density at radius 3 is 1.89 bits per heavy atom. The molecule has 0 aliphatic heterocycles. The van der Waals surface area contributed by atoms with Crippen LogP contribution in [0.4, 0.5) is 8.78 Å². The quantitative estimate of drug-likeness (QED) is 0.602. The number of ether oxygens (including phenoxy) is 1. The van der Waals surface area contributed by atoms with E-state index in [1.807, 2.05) is 30.3 Å². The van der Waals surface area contributed by atoms with E-state index < -0.39 is 22.7 Å². The normalized spacial score (nSPS) is 13.8. The molecule has 28 heavy (non-hydrogen) atoms. The van der Waals surface area contributed by atoms with Crippen LogP contribution in [0, 0.1) is 17.0 Å². The lowest BCUT2D eigenvalue weighted by atomic mass is 9.68. The molecule has 0 aliphatic rings. The summed E-state index contributed by atoms with van der Waals surface area (Å²) in [5.41, 5.74) is -1.62. The van der Waals surface area contributed by atoms with Gasteiger partial charge in [0, 0.05) is 0 Å². The highest BCUT2D eigenvalue weighted by Gasteiger charge is 2.46. The molecule has 0 fully saturated rings. The lowest BCUT2D eigenvalue weighted by Crippen LogP contribution is -2.42. The van der Waals surface area contributed by atoms with Crippen LogP contribution in [0.2, 0.25) is 0 Å². The average Bonchev–Trinajstić information content (AvgIpc) is 2.66. The second kappa shape index (κ2) is 7.72. The largest absolute Gasteiger partial charge is 0.489 e. The SMILES string of the molecule is CC(C)(C)C(O)(c1ccc(OCc2ccccc2)cc1)c1c(F)cccc1F. The van der Waals surface area contributed by atoms with Gasteiger partial charge >= 0.3 is 0 Å². The van der Waals surface area contributed by atoms with Crippen LogP contribution in [0.5, 0.6) is 5.75 Å². The molecule has 0 saturated heterocycles. The summed E-state index contributed by atoms with van der Waals surface area (Å²) in [4.78, 5) is 0.